The van der Waals surface area contributed by atoms with Gasteiger partial charge in [-0.1, -0.05) is 0 Å². The Morgan fingerprint density at radius 1 is 1.56 bits per heavy atom. The largest absolute Gasteiger partial charge is 0.326 e. The molecule has 0 radical (unpaired) electrons. The summed E-state index contributed by atoms with van der Waals surface area (Å²) in [4.78, 5) is 2.32. The van der Waals surface area contributed by atoms with Gasteiger partial charge in [-0.2, -0.15) is 0 Å². The lowest BCUT2D eigenvalue weighted by Gasteiger charge is -2.31. The van der Waals surface area contributed by atoms with Crippen LogP contribution in [-0.4, -0.2) is 30.1 Å². The molecule has 0 aromatic heterocycles. The van der Waals surface area contributed by atoms with Gasteiger partial charge in [-0.3, -0.25) is 4.90 Å². The second-order valence-corrected chi connectivity index (χ2v) is 3.47. The van der Waals surface area contributed by atoms with Crippen LogP contribution < -0.4 is 5.73 Å². The molecule has 0 aromatic carbocycles. The highest BCUT2D eigenvalue weighted by atomic mass is 15.2. The molecule has 54 valence electrons. The van der Waals surface area contributed by atoms with E-state index in [1.165, 1.54) is 0 Å². The predicted molar refractivity (Wildman–Crippen MR) is 39.3 cm³/mol. The van der Waals surface area contributed by atoms with Gasteiger partial charge in [0, 0.05) is 11.6 Å². The molecule has 2 heteroatoms. The topological polar surface area (TPSA) is 29.3 Å². The average molecular weight is 128 g/mol. The van der Waals surface area contributed by atoms with Crippen molar-refractivity contribution in [3.8, 4) is 0 Å². The van der Waals surface area contributed by atoms with Gasteiger partial charge in [0.2, 0.25) is 0 Å². The Labute approximate surface area is 57.0 Å². The first kappa shape index (κ1) is 7.03. The second-order valence-electron chi connectivity index (χ2n) is 3.47. The monoisotopic (exact) mass is 128 g/mol. The first-order valence-electron chi connectivity index (χ1n) is 3.52. The molecule has 0 saturated carbocycles. The van der Waals surface area contributed by atoms with Crippen molar-refractivity contribution >= 4 is 0 Å². The summed E-state index contributed by atoms with van der Waals surface area (Å²) < 4.78 is 0. The molecule has 0 aliphatic carbocycles. The van der Waals surface area contributed by atoms with Crippen molar-refractivity contribution in [1.82, 2.24) is 4.90 Å². The van der Waals surface area contributed by atoms with Crippen LogP contribution in [-0.2, 0) is 0 Å². The molecule has 2 nitrogen and oxygen atoms in total. The van der Waals surface area contributed by atoms with Crippen molar-refractivity contribution in [2.24, 2.45) is 5.73 Å². The van der Waals surface area contributed by atoms with Crippen LogP contribution >= 0.6 is 0 Å². The Bertz CT molecular complexity index is 97.5. The Balaban J connectivity index is 2.66. The number of hydrogen-bond donors (Lipinski definition) is 1. The SMILES string of the molecule is CN1CC[C@H](N)C1(C)C. The molecule has 0 amide bonds. The third-order valence-corrected chi connectivity index (χ3v) is 2.67. The van der Waals surface area contributed by atoms with Gasteiger partial charge in [-0.25, -0.2) is 0 Å². The number of rotatable bonds is 0. The molecular formula is C7H16N2. The summed E-state index contributed by atoms with van der Waals surface area (Å²) in [7, 11) is 2.13. The van der Waals surface area contributed by atoms with Crippen LogP contribution in [0.15, 0.2) is 0 Å². The minimum atomic E-state index is 0.222. The number of likely N-dealkylation sites (N-methyl/N-ethyl adjacent to an activating group) is 1. The van der Waals surface area contributed by atoms with Crippen molar-refractivity contribution in [3.05, 3.63) is 0 Å². The summed E-state index contributed by atoms with van der Waals surface area (Å²) in [5, 5.41) is 0. The van der Waals surface area contributed by atoms with Crippen LogP contribution in [0, 0.1) is 0 Å². The van der Waals surface area contributed by atoms with Crippen molar-refractivity contribution in [1.29, 1.82) is 0 Å². The van der Waals surface area contributed by atoms with E-state index in [0.29, 0.717) is 6.04 Å². The van der Waals surface area contributed by atoms with Crippen LogP contribution in [0.1, 0.15) is 20.3 Å². The maximum atomic E-state index is 5.86. The molecule has 1 aliphatic heterocycles. The van der Waals surface area contributed by atoms with E-state index in [4.69, 9.17) is 5.73 Å². The molecule has 0 aromatic rings. The van der Waals surface area contributed by atoms with E-state index < -0.39 is 0 Å². The fourth-order valence-electron chi connectivity index (χ4n) is 1.26. The van der Waals surface area contributed by atoms with Gasteiger partial charge in [-0.15, -0.1) is 0 Å². The Hall–Kier alpha value is -0.0800. The van der Waals surface area contributed by atoms with E-state index in [1.807, 2.05) is 0 Å². The number of nitrogens with two attached hydrogens (primary N) is 1. The Morgan fingerprint density at radius 2 is 2.11 bits per heavy atom. The van der Waals surface area contributed by atoms with Crippen LogP contribution in [0.25, 0.3) is 0 Å². The molecule has 1 heterocycles. The zero-order chi connectivity index (χ0) is 7.07. The lowest BCUT2D eigenvalue weighted by Crippen LogP contribution is -2.46. The summed E-state index contributed by atoms with van der Waals surface area (Å²) in [5.74, 6) is 0. The van der Waals surface area contributed by atoms with E-state index in [0.717, 1.165) is 13.0 Å². The van der Waals surface area contributed by atoms with Crippen LogP contribution in [0.5, 0.6) is 0 Å². The minimum absolute atomic E-state index is 0.222. The maximum Gasteiger partial charge on any atom is 0.0301 e. The summed E-state index contributed by atoms with van der Waals surface area (Å²) in [6, 6.07) is 0.363. The molecule has 1 saturated heterocycles. The van der Waals surface area contributed by atoms with Crippen LogP contribution in [0.4, 0.5) is 0 Å². The molecule has 1 aliphatic rings. The highest BCUT2D eigenvalue weighted by molar-refractivity contribution is 4.96. The van der Waals surface area contributed by atoms with Gasteiger partial charge in [0.15, 0.2) is 0 Å². The van der Waals surface area contributed by atoms with Gasteiger partial charge >= 0.3 is 0 Å². The van der Waals surface area contributed by atoms with Crippen LogP contribution in [0.2, 0.25) is 0 Å². The van der Waals surface area contributed by atoms with E-state index in [2.05, 4.69) is 25.8 Å². The summed E-state index contributed by atoms with van der Waals surface area (Å²) in [5.41, 5.74) is 6.08. The smallest absolute Gasteiger partial charge is 0.0301 e. The quantitative estimate of drug-likeness (QED) is 0.512. The molecule has 1 rings (SSSR count). The zero-order valence-electron chi connectivity index (χ0n) is 6.52. The maximum absolute atomic E-state index is 5.86. The third-order valence-electron chi connectivity index (χ3n) is 2.67. The van der Waals surface area contributed by atoms with Crippen molar-refractivity contribution in [2.45, 2.75) is 31.8 Å². The molecule has 1 fully saturated rings. The summed E-state index contributed by atoms with van der Waals surface area (Å²) >= 11 is 0. The predicted octanol–water partition coefficient (Wildman–Crippen LogP) is 0.428. The first-order valence-corrected chi connectivity index (χ1v) is 3.52. The Kier molecular flexibility index (Phi) is 1.53. The van der Waals surface area contributed by atoms with E-state index >= 15 is 0 Å². The van der Waals surface area contributed by atoms with Gasteiger partial charge < -0.3 is 5.73 Å². The van der Waals surface area contributed by atoms with Crippen LogP contribution in [0.3, 0.4) is 0 Å². The fraction of sp³-hybridized carbons (Fsp3) is 1.00. The lowest BCUT2D eigenvalue weighted by molar-refractivity contribution is 0.202. The fourth-order valence-corrected chi connectivity index (χ4v) is 1.26. The van der Waals surface area contributed by atoms with E-state index in [-0.39, 0.29) is 5.54 Å². The Morgan fingerprint density at radius 3 is 2.22 bits per heavy atom. The summed E-state index contributed by atoms with van der Waals surface area (Å²) in [6.07, 6.45) is 1.14. The molecule has 0 spiro atoms. The molecule has 1 atom stereocenters. The lowest BCUT2D eigenvalue weighted by atomic mass is 9.97. The third kappa shape index (κ3) is 0.970. The molecule has 9 heavy (non-hydrogen) atoms. The highest BCUT2D eigenvalue weighted by Gasteiger charge is 2.35. The molecule has 0 bridgehead atoms. The normalized spacial score (nSPS) is 35.3. The highest BCUT2D eigenvalue weighted by Crippen LogP contribution is 2.24. The molecule has 0 unspecified atom stereocenters. The van der Waals surface area contributed by atoms with E-state index in [9.17, 15) is 0 Å². The van der Waals surface area contributed by atoms with E-state index in [1.54, 1.807) is 0 Å². The summed E-state index contributed by atoms with van der Waals surface area (Å²) in [6.45, 7) is 5.55. The van der Waals surface area contributed by atoms with Crippen molar-refractivity contribution < 1.29 is 0 Å². The number of nitrogens with zero attached hydrogens (tertiary/aromatic N) is 1. The van der Waals surface area contributed by atoms with Crippen molar-refractivity contribution in [3.63, 3.8) is 0 Å². The van der Waals surface area contributed by atoms with Gasteiger partial charge in [0.05, 0.1) is 0 Å². The van der Waals surface area contributed by atoms with Gasteiger partial charge in [0.25, 0.3) is 0 Å². The number of hydrogen-bond acceptors (Lipinski definition) is 2. The standard InChI is InChI=1S/C7H16N2/c1-7(2)6(8)4-5-9(7)3/h6H,4-5,8H2,1-3H3/t6-/m0/s1. The van der Waals surface area contributed by atoms with Crippen molar-refractivity contribution in [2.75, 3.05) is 13.6 Å². The average Bonchev–Trinajstić information content (AvgIpc) is 1.96. The molecule has 2 N–H and O–H groups in total. The zero-order valence-corrected chi connectivity index (χ0v) is 6.52. The number of likely N-dealkylation sites (tertiary alicyclic amines) is 1. The minimum Gasteiger partial charge on any atom is -0.326 e. The first-order chi connectivity index (χ1) is 4.05. The second kappa shape index (κ2) is 1.96. The molecular weight excluding hydrogens is 112 g/mol. The van der Waals surface area contributed by atoms with Gasteiger partial charge in [-0.05, 0) is 33.9 Å². The van der Waals surface area contributed by atoms with Gasteiger partial charge in [0.1, 0.15) is 0 Å².